The highest BCUT2D eigenvalue weighted by atomic mass is 19.2. The molecule has 24 heavy (non-hydrogen) atoms. The van der Waals surface area contributed by atoms with Crippen molar-refractivity contribution >= 4 is 11.8 Å². The van der Waals surface area contributed by atoms with Gasteiger partial charge in [-0.1, -0.05) is 25.7 Å². The van der Waals surface area contributed by atoms with E-state index in [4.69, 9.17) is 0 Å². The van der Waals surface area contributed by atoms with Gasteiger partial charge in [0.25, 0.3) is 5.91 Å². The summed E-state index contributed by atoms with van der Waals surface area (Å²) >= 11 is 0. The van der Waals surface area contributed by atoms with Crippen molar-refractivity contribution in [1.82, 2.24) is 10.2 Å². The van der Waals surface area contributed by atoms with Crippen molar-refractivity contribution < 1.29 is 18.4 Å². The van der Waals surface area contributed by atoms with Gasteiger partial charge >= 0.3 is 0 Å². The Morgan fingerprint density at radius 2 is 1.67 bits per heavy atom. The number of benzene rings is 1. The van der Waals surface area contributed by atoms with Crippen LogP contribution in [-0.2, 0) is 4.79 Å². The largest absolute Gasteiger partial charge is 0.353 e. The molecule has 1 saturated carbocycles. The summed E-state index contributed by atoms with van der Waals surface area (Å²) in [4.78, 5) is 25.9. The van der Waals surface area contributed by atoms with Gasteiger partial charge in [-0.25, -0.2) is 8.78 Å². The molecule has 1 heterocycles. The Labute approximate surface area is 140 Å². The number of hydrogen-bond donors (Lipinski definition) is 1. The molecule has 0 spiro atoms. The smallest absolute Gasteiger partial charge is 0.254 e. The van der Waals surface area contributed by atoms with Crippen LogP contribution in [0.5, 0.6) is 0 Å². The molecule has 0 radical (unpaired) electrons. The second-order valence-corrected chi connectivity index (χ2v) is 6.73. The molecule has 1 N–H and O–H groups in total. The number of carbonyl (C=O) groups excluding carboxylic acids is 2. The highest BCUT2D eigenvalue weighted by molar-refractivity contribution is 5.96. The van der Waals surface area contributed by atoms with Crippen molar-refractivity contribution in [2.75, 3.05) is 13.1 Å². The molecule has 0 unspecified atom stereocenters. The van der Waals surface area contributed by atoms with Crippen LogP contribution in [0.15, 0.2) is 18.2 Å². The zero-order valence-electron chi connectivity index (χ0n) is 13.6. The summed E-state index contributed by atoms with van der Waals surface area (Å²) < 4.78 is 26.1. The van der Waals surface area contributed by atoms with Gasteiger partial charge in [-0.3, -0.25) is 9.59 Å². The van der Waals surface area contributed by atoms with Gasteiger partial charge in [0.05, 0.1) is 5.92 Å². The molecule has 0 atom stereocenters. The Morgan fingerprint density at radius 3 is 2.29 bits per heavy atom. The Balaban J connectivity index is 1.49. The van der Waals surface area contributed by atoms with E-state index in [1.165, 1.54) is 23.8 Å². The second-order valence-electron chi connectivity index (χ2n) is 6.73. The highest BCUT2D eigenvalue weighted by Gasteiger charge is 2.36. The predicted molar refractivity (Wildman–Crippen MR) is 85.4 cm³/mol. The van der Waals surface area contributed by atoms with Crippen molar-refractivity contribution in [2.45, 2.75) is 44.6 Å². The molecule has 1 aromatic rings. The van der Waals surface area contributed by atoms with Gasteiger partial charge < -0.3 is 10.2 Å². The number of halogens is 2. The van der Waals surface area contributed by atoms with Crippen molar-refractivity contribution in [3.05, 3.63) is 35.4 Å². The van der Waals surface area contributed by atoms with E-state index in [0.29, 0.717) is 13.1 Å². The lowest BCUT2D eigenvalue weighted by molar-refractivity contribution is -0.129. The molecule has 0 bridgehead atoms. The molecular formula is C18H22F2N2O2. The first-order valence-electron chi connectivity index (χ1n) is 8.59. The number of nitrogens with one attached hydrogen (secondary N) is 1. The maximum Gasteiger partial charge on any atom is 0.254 e. The summed E-state index contributed by atoms with van der Waals surface area (Å²) in [6.45, 7) is 0.659. The van der Waals surface area contributed by atoms with Crippen LogP contribution in [0.2, 0.25) is 0 Å². The van der Waals surface area contributed by atoms with E-state index in [9.17, 15) is 18.4 Å². The zero-order valence-corrected chi connectivity index (χ0v) is 13.6. The summed E-state index contributed by atoms with van der Waals surface area (Å²) in [5.74, 6) is -2.59. The third kappa shape index (κ3) is 3.74. The van der Waals surface area contributed by atoms with Gasteiger partial charge in [-0.05, 0) is 31.0 Å². The fraction of sp³-hybridized carbons (Fsp3) is 0.556. The fourth-order valence-electron chi connectivity index (χ4n) is 3.36. The normalized spacial score (nSPS) is 19.5. The molecule has 1 aliphatic heterocycles. The average Bonchev–Trinajstić information content (AvgIpc) is 2.77. The van der Waals surface area contributed by atoms with Crippen molar-refractivity contribution in [3.63, 3.8) is 0 Å². The van der Waals surface area contributed by atoms with Crippen LogP contribution in [0, 0.1) is 17.6 Å². The van der Waals surface area contributed by atoms with Gasteiger partial charge in [0.1, 0.15) is 0 Å². The maximum absolute atomic E-state index is 13.2. The lowest BCUT2D eigenvalue weighted by atomic mass is 9.96. The van der Waals surface area contributed by atoms with Crippen LogP contribution in [0.1, 0.15) is 48.9 Å². The molecular weight excluding hydrogens is 314 g/mol. The second kappa shape index (κ2) is 7.28. The number of rotatable bonds is 3. The summed E-state index contributed by atoms with van der Waals surface area (Å²) in [5, 5.41) is 3.09. The molecule has 1 aliphatic carbocycles. The molecule has 1 saturated heterocycles. The van der Waals surface area contributed by atoms with Crippen molar-refractivity contribution in [2.24, 2.45) is 5.92 Å². The van der Waals surface area contributed by atoms with E-state index in [-0.39, 0.29) is 29.3 Å². The summed E-state index contributed by atoms with van der Waals surface area (Å²) in [5.41, 5.74) is 0.108. The molecule has 1 aromatic carbocycles. The Kier molecular flexibility index (Phi) is 5.11. The van der Waals surface area contributed by atoms with E-state index in [1.807, 2.05) is 0 Å². The minimum absolute atomic E-state index is 0.00348. The Hall–Kier alpha value is -1.98. The van der Waals surface area contributed by atoms with E-state index < -0.39 is 11.6 Å². The fourth-order valence-corrected chi connectivity index (χ4v) is 3.36. The monoisotopic (exact) mass is 336 g/mol. The Morgan fingerprint density at radius 1 is 1.00 bits per heavy atom. The van der Waals surface area contributed by atoms with Crippen LogP contribution in [0.25, 0.3) is 0 Å². The van der Waals surface area contributed by atoms with E-state index in [2.05, 4.69) is 5.32 Å². The molecule has 0 aromatic heterocycles. The zero-order chi connectivity index (χ0) is 17.1. The number of amides is 2. The molecule has 2 fully saturated rings. The van der Waals surface area contributed by atoms with Gasteiger partial charge in [0.2, 0.25) is 5.91 Å². The quantitative estimate of drug-likeness (QED) is 0.863. The summed E-state index contributed by atoms with van der Waals surface area (Å²) in [6.07, 6.45) is 6.80. The first-order chi connectivity index (χ1) is 11.5. The van der Waals surface area contributed by atoms with Crippen molar-refractivity contribution in [1.29, 1.82) is 0 Å². The summed E-state index contributed by atoms with van der Waals surface area (Å²) in [7, 11) is 0. The highest BCUT2D eigenvalue weighted by Crippen LogP contribution is 2.22. The summed E-state index contributed by atoms with van der Waals surface area (Å²) in [6, 6.07) is 3.35. The molecule has 4 nitrogen and oxygen atoms in total. The first kappa shape index (κ1) is 16.9. The van der Waals surface area contributed by atoms with Crippen molar-refractivity contribution in [3.8, 4) is 0 Å². The first-order valence-corrected chi connectivity index (χ1v) is 8.59. The molecule has 6 heteroatoms. The van der Waals surface area contributed by atoms with Gasteiger partial charge in [0, 0.05) is 24.7 Å². The minimum atomic E-state index is -1.04. The topological polar surface area (TPSA) is 49.4 Å². The van der Waals surface area contributed by atoms with Gasteiger partial charge in [-0.15, -0.1) is 0 Å². The van der Waals surface area contributed by atoms with Crippen LogP contribution in [-0.4, -0.2) is 35.8 Å². The maximum atomic E-state index is 13.2. The lowest BCUT2D eigenvalue weighted by Crippen LogP contribution is -2.56. The van der Waals surface area contributed by atoms with Gasteiger partial charge in [0.15, 0.2) is 11.6 Å². The molecule has 130 valence electrons. The van der Waals surface area contributed by atoms with E-state index in [1.54, 1.807) is 0 Å². The number of likely N-dealkylation sites (tertiary alicyclic amines) is 1. The third-order valence-electron chi connectivity index (χ3n) is 4.91. The molecule has 2 aliphatic rings. The average molecular weight is 336 g/mol. The van der Waals surface area contributed by atoms with Gasteiger partial charge in [-0.2, -0.15) is 0 Å². The van der Waals surface area contributed by atoms with Crippen LogP contribution < -0.4 is 5.32 Å². The Bertz CT molecular complexity index is 621. The van der Waals surface area contributed by atoms with Crippen LogP contribution in [0.4, 0.5) is 8.78 Å². The number of hydrogen-bond acceptors (Lipinski definition) is 2. The molecule has 2 amide bonds. The third-order valence-corrected chi connectivity index (χ3v) is 4.91. The number of nitrogens with zero attached hydrogens (tertiary/aromatic N) is 1. The van der Waals surface area contributed by atoms with E-state index in [0.717, 1.165) is 37.8 Å². The minimum Gasteiger partial charge on any atom is -0.353 e. The number of carbonyl (C=O) groups is 2. The SMILES string of the molecule is O=C(NC1CCCCCC1)C1CN(C(=O)c2ccc(F)c(F)c2)C1. The lowest BCUT2D eigenvalue weighted by Gasteiger charge is -2.39. The van der Waals surface area contributed by atoms with Crippen LogP contribution >= 0.6 is 0 Å². The molecule has 3 rings (SSSR count). The van der Waals surface area contributed by atoms with E-state index >= 15 is 0 Å². The van der Waals surface area contributed by atoms with Crippen LogP contribution in [0.3, 0.4) is 0 Å². The predicted octanol–water partition coefficient (Wildman–Crippen LogP) is 2.88. The standard InChI is InChI=1S/C18H22F2N2O2/c19-15-8-7-12(9-16(15)20)18(24)22-10-13(11-22)17(23)21-14-5-3-1-2-4-6-14/h7-9,13-14H,1-6,10-11H2,(H,21,23).